The van der Waals surface area contributed by atoms with Crippen molar-refractivity contribution < 1.29 is 14.5 Å². The molecule has 1 N–H and O–H groups in total. The second-order valence-corrected chi connectivity index (χ2v) is 10.2. The number of ketones is 1. The van der Waals surface area contributed by atoms with Crippen LogP contribution in [-0.4, -0.2) is 68.8 Å². The van der Waals surface area contributed by atoms with E-state index in [9.17, 15) is 9.90 Å². The van der Waals surface area contributed by atoms with E-state index in [-0.39, 0.29) is 18.4 Å². The summed E-state index contributed by atoms with van der Waals surface area (Å²) in [6, 6.07) is 8.70. The molecule has 5 rings (SSSR count). The number of carbonyl (C=O) groups is 1. The van der Waals surface area contributed by atoms with Crippen LogP contribution in [0.15, 0.2) is 71.9 Å². The molecule has 7 heteroatoms. The lowest BCUT2D eigenvalue weighted by molar-refractivity contribution is -0.396. The summed E-state index contributed by atoms with van der Waals surface area (Å²) in [5.74, 6) is 0.0971. The van der Waals surface area contributed by atoms with Crippen molar-refractivity contribution in [3.8, 4) is 0 Å². The summed E-state index contributed by atoms with van der Waals surface area (Å²) >= 11 is 0. The molecule has 0 amide bonds. The predicted octanol–water partition coefficient (Wildman–Crippen LogP) is 3.71. The van der Waals surface area contributed by atoms with Crippen LogP contribution < -0.4 is 4.90 Å². The van der Waals surface area contributed by atoms with E-state index in [1.165, 1.54) is 5.56 Å². The Morgan fingerprint density at radius 3 is 2.78 bits per heavy atom. The lowest BCUT2D eigenvalue weighted by atomic mass is 9.91. The molecule has 0 bridgehead atoms. The van der Waals surface area contributed by atoms with Crippen molar-refractivity contribution in [3.05, 3.63) is 88.8 Å². The zero-order valence-electron chi connectivity index (χ0n) is 21.8. The van der Waals surface area contributed by atoms with Gasteiger partial charge < -0.3 is 10.0 Å². The van der Waals surface area contributed by atoms with Crippen LogP contribution in [0.25, 0.3) is 0 Å². The van der Waals surface area contributed by atoms with Gasteiger partial charge >= 0.3 is 0 Å². The van der Waals surface area contributed by atoms with Crippen LogP contribution in [0.1, 0.15) is 42.6 Å². The first kappa shape index (κ1) is 25.2. The molecule has 1 aliphatic carbocycles. The Hall–Kier alpha value is -3.42. The number of nitrogens with zero attached hydrogens (tertiary/aromatic N) is 5. The number of aliphatic hydroxyl groups is 1. The number of rotatable bonds is 7. The number of aryl methyl sites for hydroxylation is 2. The van der Waals surface area contributed by atoms with Crippen LogP contribution >= 0.6 is 0 Å². The molecule has 0 saturated carbocycles. The molecule has 7 nitrogen and oxygen atoms in total. The fourth-order valence-electron chi connectivity index (χ4n) is 5.54. The molecule has 0 radical (unpaired) electrons. The molecule has 1 atom stereocenters. The van der Waals surface area contributed by atoms with Gasteiger partial charge in [0.2, 0.25) is 11.5 Å². The van der Waals surface area contributed by atoms with E-state index in [0.29, 0.717) is 6.54 Å². The Balaban J connectivity index is 1.45. The van der Waals surface area contributed by atoms with Crippen LogP contribution in [-0.2, 0) is 11.3 Å². The van der Waals surface area contributed by atoms with Crippen molar-refractivity contribution in [2.45, 2.75) is 52.1 Å². The van der Waals surface area contributed by atoms with Crippen molar-refractivity contribution in [2.75, 3.05) is 31.1 Å². The topological polar surface area (TPSA) is 72.6 Å². The number of aliphatic hydroxyl groups excluding tert-OH is 1. The van der Waals surface area contributed by atoms with Crippen LogP contribution in [0.2, 0.25) is 0 Å². The summed E-state index contributed by atoms with van der Waals surface area (Å²) < 4.78 is 1.93. The van der Waals surface area contributed by atoms with Crippen molar-refractivity contribution in [2.24, 2.45) is 0 Å². The highest BCUT2D eigenvalue weighted by atomic mass is 16.3. The van der Waals surface area contributed by atoms with Crippen LogP contribution in [0, 0.1) is 13.8 Å². The number of anilines is 1. The zero-order chi connectivity index (χ0) is 25.8. The molecule has 0 aromatic carbocycles. The molecule has 0 unspecified atom stereocenters. The first-order chi connectivity index (χ1) is 18.0. The highest BCUT2D eigenvalue weighted by molar-refractivity contribution is 6.11. The molecule has 2 aromatic rings. The van der Waals surface area contributed by atoms with E-state index >= 15 is 0 Å². The number of carbonyl (C=O) groups excluding carboxylic acids is 1. The first-order valence-electron chi connectivity index (χ1n) is 13.2. The quantitative estimate of drug-likeness (QED) is 0.587. The second-order valence-electron chi connectivity index (χ2n) is 10.2. The average Bonchev–Trinajstić information content (AvgIpc) is 2.91. The number of hydrogen-bond donors (Lipinski definition) is 1. The Labute approximate surface area is 219 Å². The van der Waals surface area contributed by atoms with Crippen molar-refractivity contribution in [1.82, 2.24) is 14.9 Å². The lowest BCUT2D eigenvalue weighted by Gasteiger charge is -2.40. The van der Waals surface area contributed by atoms with Crippen molar-refractivity contribution >= 4 is 17.7 Å². The summed E-state index contributed by atoms with van der Waals surface area (Å²) in [7, 11) is 0. The van der Waals surface area contributed by atoms with Gasteiger partial charge in [0.25, 0.3) is 0 Å². The second kappa shape index (κ2) is 11.3. The van der Waals surface area contributed by atoms with Gasteiger partial charge in [-0.15, -0.1) is 0 Å². The molecular formula is C30H36N5O2+. The van der Waals surface area contributed by atoms with E-state index < -0.39 is 0 Å². The highest BCUT2D eigenvalue weighted by Gasteiger charge is 2.36. The normalized spacial score (nSPS) is 21.0. The number of aromatic nitrogens is 2. The zero-order valence-corrected chi connectivity index (χ0v) is 21.8. The van der Waals surface area contributed by atoms with Gasteiger partial charge in [-0.2, -0.15) is 4.58 Å². The van der Waals surface area contributed by atoms with Crippen molar-refractivity contribution in [3.63, 3.8) is 0 Å². The minimum Gasteiger partial charge on any atom is -0.386 e. The van der Waals surface area contributed by atoms with Crippen LogP contribution in [0.3, 0.4) is 0 Å². The number of pyridine rings is 2. The summed E-state index contributed by atoms with van der Waals surface area (Å²) in [6.07, 6.45) is 15.6. The standard InChI is InChI=1S/C30H36N5O2/c1-22-9-10-26(17-32-22)33-13-5-6-27(21-33)35(18-24-11-12-31-23(2)16-24)20-25-19-34(14-15-36)29-8-4-3-7-28(29)30(25)37/h7-12,14,16-17,19,27,36H,3-6,13,15,18,20-21H2,1-2H3/q+1/t27-/m0/s1. The third-order valence-corrected chi connectivity index (χ3v) is 7.41. The molecule has 4 heterocycles. The van der Waals surface area contributed by atoms with Gasteiger partial charge in [-0.25, -0.2) is 0 Å². The van der Waals surface area contributed by atoms with Gasteiger partial charge in [-0.3, -0.25) is 19.7 Å². The van der Waals surface area contributed by atoms with Crippen LogP contribution in [0.5, 0.6) is 0 Å². The maximum absolute atomic E-state index is 13.6. The maximum Gasteiger partial charge on any atom is 0.217 e. The third kappa shape index (κ3) is 5.78. The Morgan fingerprint density at radius 2 is 2.00 bits per heavy atom. The Kier molecular flexibility index (Phi) is 7.72. The molecular weight excluding hydrogens is 462 g/mol. The Bertz CT molecular complexity index is 1280. The number of Topliss-reactive ketones (excluding diaryl/α,β-unsaturated/α-hetero) is 1. The largest absolute Gasteiger partial charge is 0.386 e. The Morgan fingerprint density at radius 1 is 1.14 bits per heavy atom. The van der Waals surface area contributed by atoms with E-state index in [2.05, 4.69) is 50.1 Å². The summed E-state index contributed by atoms with van der Waals surface area (Å²) in [5.41, 5.74) is 6.76. The SMILES string of the molecule is Cc1ccc(N2CCC[C@H](N(CC3=C[N+](=CCO)C4=CCCC=C4C3=O)Cc3ccnc(C)c3)C2)cn1. The number of allylic oxidation sites excluding steroid dienone is 3. The first-order valence-corrected chi connectivity index (χ1v) is 13.2. The van der Waals surface area contributed by atoms with Gasteiger partial charge in [0.15, 0.2) is 12.4 Å². The molecule has 1 fully saturated rings. The maximum atomic E-state index is 13.6. The van der Waals surface area contributed by atoms with Crippen LogP contribution in [0.4, 0.5) is 5.69 Å². The fourth-order valence-corrected chi connectivity index (χ4v) is 5.54. The highest BCUT2D eigenvalue weighted by Crippen LogP contribution is 2.30. The van der Waals surface area contributed by atoms with Crippen molar-refractivity contribution in [1.29, 1.82) is 0 Å². The predicted molar refractivity (Wildman–Crippen MR) is 145 cm³/mol. The summed E-state index contributed by atoms with van der Waals surface area (Å²) in [5, 5.41) is 9.64. The summed E-state index contributed by atoms with van der Waals surface area (Å²) in [4.78, 5) is 27.4. The van der Waals surface area contributed by atoms with Gasteiger partial charge in [0.05, 0.1) is 23.0 Å². The number of piperidine rings is 1. The van der Waals surface area contributed by atoms with Gasteiger partial charge in [-0.05, 0) is 75.4 Å². The van der Waals surface area contributed by atoms with E-state index in [1.807, 2.05) is 43.1 Å². The molecule has 37 heavy (non-hydrogen) atoms. The molecule has 192 valence electrons. The number of fused-ring (bicyclic) bond motifs is 1. The molecule has 2 aromatic heterocycles. The van der Waals surface area contributed by atoms with E-state index in [0.717, 1.165) is 79.2 Å². The van der Waals surface area contributed by atoms with Gasteiger partial charge in [-0.1, -0.05) is 6.08 Å². The van der Waals surface area contributed by atoms with Gasteiger partial charge in [0, 0.05) is 49.8 Å². The summed E-state index contributed by atoms with van der Waals surface area (Å²) in [6.45, 7) is 7.12. The lowest BCUT2D eigenvalue weighted by Crippen LogP contribution is -2.49. The molecule has 3 aliphatic rings. The molecule has 1 saturated heterocycles. The minimum absolute atomic E-state index is 0.0786. The molecule has 2 aliphatic heterocycles. The fraction of sp³-hybridized carbons (Fsp3) is 0.400. The smallest absolute Gasteiger partial charge is 0.217 e. The van der Waals surface area contributed by atoms with E-state index in [1.54, 1.807) is 6.21 Å². The number of hydrogen-bond acceptors (Lipinski definition) is 6. The van der Waals surface area contributed by atoms with Gasteiger partial charge in [0.1, 0.15) is 6.61 Å². The van der Waals surface area contributed by atoms with E-state index in [4.69, 9.17) is 0 Å². The third-order valence-electron chi connectivity index (χ3n) is 7.41. The minimum atomic E-state index is -0.0786. The molecule has 0 spiro atoms. The monoisotopic (exact) mass is 498 g/mol. The average molecular weight is 499 g/mol.